The molecule has 0 aliphatic carbocycles. The van der Waals surface area contributed by atoms with Crippen molar-refractivity contribution in [3.63, 3.8) is 0 Å². The summed E-state index contributed by atoms with van der Waals surface area (Å²) >= 11 is 17.6. The van der Waals surface area contributed by atoms with Crippen LogP contribution in [0, 0.1) is 0 Å². The van der Waals surface area contributed by atoms with Crippen molar-refractivity contribution in [1.29, 1.82) is 0 Å². The minimum atomic E-state index is -4.96. The minimum Gasteiger partial charge on any atom is -0.450 e. The second-order valence-corrected chi connectivity index (χ2v) is 8.48. The second-order valence-electron chi connectivity index (χ2n) is 7.23. The van der Waals surface area contributed by atoms with E-state index in [9.17, 15) is 22.8 Å². The van der Waals surface area contributed by atoms with Gasteiger partial charge in [0, 0.05) is 17.2 Å². The van der Waals surface area contributed by atoms with E-state index in [1.54, 1.807) is 12.1 Å². The highest BCUT2D eigenvalue weighted by molar-refractivity contribution is 6.42. The van der Waals surface area contributed by atoms with Crippen molar-refractivity contribution in [2.45, 2.75) is 6.18 Å². The van der Waals surface area contributed by atoms with E-state index in [0.29, 0.717) is 20.6 Å². The molecule has 178 valence electrons. The van der Waals surface area contributed by atoms with E-state index in [4.69, 9.17) is 44.0 Å². The Balaban J connectivity index is 1.69. The minimum absolute atomic E-state index is 0.000296. The predicted octanol–water partition coefficient (Wildman–Crippen LogP) is 8.06. The summed E-state index contributed by atoms with van der Waals surface area (Å²) in [6.07, 6.45) is -2.44. The largest absolute Gasteiger partial charge is 0.450 e. The van der Waals surface area contributed by atoms with E-state index in [0.717, 1.165) is 12.1 Å². The lowest BCUT2D eigenvalue weighted by Crippen LogP contribution is -2.16. The number of hydrogen-bond acceptors (Lipinski definition) is 4. The molecule has 35 heavy (non-hydrogen) atoms. The summed E-state index contributed by atoms with van der Waals surface area (Å²) in [5.74, 6) is -2.40. The van der Waals surface area contributed by atoms with Crippen molar-refractivity contribution in [3.8, 4) is 16.9 Å². The molecule has 0 spiro atoms. The van der Waals surface area contributed by atoms with Gasteiger partial charge in [-0.15, -0.1) is 0 Å². The number of carbonyl (C=O) groups excluding carboxylic acids is 1. The Morgan fingerprint density at radius 1 is 0.914 bits per heavy atom. The van der Waals surface area contributed by atoms with Crippen LogP contribution in [0.1, 0.15) is 11.3 Å². The first-order chi connectivity index (χ1) is 16.5. The molecule has 0 aliphatic rings. The van der Waals surface area contributed by atoms with Crippen molar-refractivity contribution in [3.05, 3.63) is 103 Å². The highest BCUT2D eigenvalue weighted by atomic mass is 35.5. The zero-order valence-corrected chi connectivity index (χ0v) is 19.6. The molecule has 0 aliphatic heterocycles. The molecule has 0 unspecified atom stereocenters. The van der Waals surface area contributed by atoms with Crippen LogP contribution in [0.4, 0.5) is 13.2 Å². The number of rotatable bonds is 4. The molecule has 4 rings (SSSR count). The number of alkyl halides is 3. The van der Waals surface area contributed by atoms with Crippen LogP contribution >= 0.6 is 34.8 Å². The molecule has 1 aromatic heterocycles. The zero-order valence-electron chi connectivity index (χ0n) is 17.3. The number of benzene rings is 3. The average Bonchev–Trinajstić information content (AvgIpc) is 2.80. The van der Waals surface area contributed by atoms with E-state index < -0.39 is 28.9 Å². The monoisotopic (exact) mass is 538 g/mol. The first-order valence-electron chi connectivity index (χ1n) is 9.82. The van der Waals surface area contributed by atoms with E-state index in [2.05, 4.69) is 0 Å². The van der Waals surface area contributed by atoms with Gasteiger partial charge < -0.3 is 9.15 Å². The standard InChI is InChI=1S/C25H12Cl3F3O4/c26-15-5-3-14(4-6-15)22-23(33)17-8-7-16(12-20(17)35-24(22)25(29,30)31)34-21(32)10-2-13-1-9-18(27)19(28)11-13/h1-12H. The molecule has 0 bridgehead atoms. The lowest BCUT2D eigenvalue weighted by Gasteiger charge is -2.13. The van der Waals surface area contributed by atoms with Crippen LogP contribution in [0.5, 0.6) is 5.75 Å². The van der Waals surface area contributed by atoms with Gasteiger partial charge in [0.2, 0.25) is 11.2 Å². The summed E-state index contributed by atoms with van der Waals surface area (Å²) in [6.45, 7) is 0. The molecule has 0 fully saturated rings. The van der Waals surface area contributed by atoms with Crippen LogP contribution in [0.3, 0.4) is 0 Å². The highest BCUT2D eigenvalue weighted by Crippen LogP contribution is 2.38. The Labute approximate surface area is 211 Å². The first-order valence-corrected chi connectivity index (χ1v) is 11.0. The van der Waals surface area contributed by atoms with Crippen LogP contribution in [-0.2, 0) is 11.0 Å². The smallest absolute Gasteiger partial charge is 0.450 e. The molecule has 10 heteroatoms. The molecular formula is C25H12Cl3F3O4. The molecule has 4 aromatic rings. The third-order valence-corrected chi connectivity index (χ3v) is 5.82. The van der Waals surface area contributed by atoms with Gasteiger partial charge in [0.25, 0.3) is 0 Å². The third kappa shape index (κ3) is 5.53. The van der Waals surface area contributed by atoms with Gasteiger partial charge >= 0.3 is 12.1 Å². The number of fused-ring (bicyclic) bond motifs is 1. The van der Waals surface area contributed by atoms with Crippen molar-refractivity contribution in [2.75, 3.05) is 0 Å². The molecule has 0 radical (unpaired) electrons. The van der Waals surface area contributed by atoms with Crippen LogP contribution < -0.4 is 10.2 Å². The van der Waals surface area contributed by atoms with E-state index in [1.165, 1.54) is 48.5 Å². The van der Waals surface area contributed by atoms with Crippen molar-refractivity contribution in [2.24, 2.45) is 0 Å². The Bertz CT molecular complexity index is 1520. The number of hydrogen-bond donors (Lipinski definition) is 0. The van der Waals surface area contributed by atoms with Gasteiger partial charge in [0.1, 0.15) is 11.3 Å². The topological polar surface area (TPSA) is 56.5 Å². The molecule has 0 saturated heterocycles. The fourth-order valence-electron chi connectivity index (χ4n) is 3.25. The summed E-state index contributed by atoms with van der Waals surface area (Å²) in [4.78, 5) is 25.2. The Morgan fingerprint density at radius 2 is 1.63 bits per heavy atom. The maximum atomic E-state index is 13.8. The predicted molar refractivity (Wildman–Crippen MR) is 129 cm³/mol. The van der Waals surface area contributed by atoms with Crippen LogP contribution in [0.15, 0.2) is 76.0 Å². The molecular weight excluding hydrogens is 528 g/mol. The molecule has 4 nitrogen and oxygen atoms in total. The van der Waals surface area contributed by atoms with Crippen LogP contribution in [0.2, 0.25) is 15.1 Å². The van der Waals surface area contributed by atoms with Gasteiger partial charge in [-0.1, -0.05) is 53.0 Å². The summed E-state index contributed by atoms with van der Waals surface area (Å²) in [6, 6.07) is 13.6. The normalized spacial score (nSPS) is 11.8. The highest BCUT2D eigenvalue weighted by Gasteiger charge is 2.39. The molecule has 0 N–H and O–H groups in total. The summed E-state index contributed by atoms with van der Waals surface area (Å²) in [5, 5.41) is 0.827. The van der Waals surface area contributed by atoms with E-state index in [1.807, 2.05) is 0 Å². The van der Waals surface area contributed by atoms with E-state index in [-0.39, 0.29) is 22.3 Å². The third-order valence-electron chi connectivity index (χ3n) is 4.83. The SMILES string of the molecule is O=C(C=Cc1ccc(Cl)c(Cl)c1)Oc1ccc2c(=O)c(-c3ccc(Cl)cc3)c(C(F)(F)F)oc2c1. The van der Waals surface area contributed by atoms with Crippen molar-refractivity contribution in [1.82, 2.24) is 0 Å². The van der Waals surface area contributed by atoms with Gasteiger partial charge in [-0.25, -0.2) is 4.79 Å². The molecule has 0 atom stereocenters. The quantitative estimate of drug-likeness (QED) is 0.150. The summed E-state index contributed by atoms with van der Waals surface area (Å²) in [7, 11) is 0. The van der Waals surface area contributed by atoms with Crippen molar-refractivity contribution < 1.29 is 27.1 Å². The lowest BCUT2D eigenvalue weighted by atomic mass is 10.0. The number of carbonyl (C=O) groups is 1. The maximum Gasteiger partial charge on any atom is 0.450 e. The Hall–Kier alpha value is -3.26. The average molecular weight is 540 g/mol. The summed E-state index contributed by atoms with van der Waals surface area (Å²) < 4.78 is 51.6. The number of halogens is 6. The Kier molecular flexibility index (Phi) is 6.94. The molecule has 0 amide bonds. The second kappa shape index (κ2) is 9.77. The fourth-order valence-corrected chi connectivity index (χ4v) is 3.68. The van der Waals surface area contributed by atoms with E-state index >= 15 is 0 Å². The summed E-state index contributed by atoms with van der Waals surface area (Å²) in [5.41, 5.74) is -1.35. The fraction of sp³-hybridized carbons (Fsp3) is 0.0400. The molecule has 3 aromatic carbocycles. The zero-order chi connectivity index (χ0) is 25.3. The van der Waals surface area contributed by atoms with Crippen molar-refractivity contribution >= 4 is 57.8 Å². The number of esters is 1. The molecule has 1 heterocycles. The molecule has 0 saturated carbocycles. The van der Waals surface area contributed by atoms with Gasteiger partial charge in [0.15, 0.2) is 0 Å². The first kappa shape index (κ1) is 24.9. The lowest BCUT2D eigenvalue weighted by molar-refractivity contribution is -0.152. The van der Waals surface area contributed by atoms with Gasteiger partial charge in [-0.3, -0.25) is 4.79 Å². The van der Waals surface area contributed by atoms with Gasteiger partial charge in [0.05, 0.1) is 21.0 Å². The maximum absolute atomic E-state index is 13.8. The van der Waals surface area contributed by atoms with Crippen LogP contribution in [-0.4, -0.2) is 5.97 Å². The van der Waals surface area contributed by atoms with Gasteiger partial charge in [-0.2, -0.15) is 13.2 Å². The van der Waals surface area contributed by atoms with Crippen LogP contribution in [0.25, 0.3) is 28.2 Å². The van der Waals surface area contributed by atoms with Gasteiger partial charge in [-0.05, 0) is 53.6 Å². The number of ether oxygens (including phenoxy) is 1. The Morgan fingerprint density at radius 3 is 2.29 bits per heavy atom.